The fourth-order valence-corrected chi connectivity index (χ4v) is 3.48. The molecule has 0 aromatic heterocycles. The van der Waals surface area contributed by atoms with Crippen LogP contribution in [0.1, 0.15) is 0 Å². The molecule has 1 aromatic carbocycles. The van der Waals surface area contributed by atoms with E-state index in [4.69, 9.17) is 0 Å². The van der Waals surface area contributed by atoms with Crippen LogP contribution in [0, 0.1) is 10.1 Å². The van der Waals surface area contributed by atoms with Gasteiger partial charge in [-0.15, -0.1) is 0 Å². The van der Waals surface area contributed by atoms with Crippen molar-refractivity contribution in [1.29, 1.82) is 0 Å². The number of nitro groups is 1. The molecule has 0 amide bonds. The van der Waals surface area contributed by atoms with Crippen LogP contribution in [0.3, 0.4) is 0 Å². The molecule has 1 aliphatic rings. The van der Waals surface area contributed by atoms with Crippen LogP contribution in [0.25, 0.3) is 0 Å². The van der Waals surface area contributed by atoms with Crippen LogP contribution in [0.2, 0.25) is 0 Å². The third kappa shape index (κ3) is 2.31. The summed E-state index contributed by atoms with van der Waals surface area (Å²) in [6.07, 6.45) is 4.87. The lowest BCUT2D eigenvalue weighted by Gasteiger charge is -2.14. The van der Waals surface area contributed by atoms with E-state index in [-0.39, 0.29) is 5.69 Å². The Hall–Kier alpha value is -1.61. The maximum absolute atomic E-state index is 12.1. The van der Waals surface area contributed by atoms with Crippen LogP contribution in [0.4, 0.5) is 11.4 Å². The number of non-ortho nitro benzene ring substituents is 1. The molecule has 84 valence electrons. The predicted molar refractivity (Wildman–Crippen MR) is 63.2 cm³/mol. The van der Waals surface area contributed by atoms with Crippen molar-refractivity contribution in [2.75, 3.05) is 17.4 Å². The first-order valence-electron chi connectivity index (χ1n) is 4.85. The number of benzene rings is 1. The van der Waals surface area contributed by atoms with Gasteiger partial charge in [-0.2, -0.15) is 0 Å². The van der Waals surface area contributed by atoms with Crippen molar-refractivity contribution >= 4 is 18.7 Å². The van der Waals surface area contributed by atoms with Crippen molar-refractivity contribution in [2.45, 2.75) is 0 Å². The van der Waals surface area contributed by atoms with Crippen LogP contribution >= 0.6 is 7.29 Å². The molecule has 0 radical (unpaired) electrons. The number of nitrogens with zero attached hydrogens (tertiary/aromatic N) is 1. The zero-order valence-corrected chi connectivity index (χ0v) is 9.39. The number of rotatable bonds is 3. The summed E-state index contributed by atoms with van der Waals surface area (Å²) >= 11 is 0. The van der Waals surface area contributed by atoms with Gasteiger partial charge in [0.1, 0.15) is 0 Å². The molecule has 2 rings (SSSR count). The van der Waals surface area contributed by atoms with Crippen molar-refractivity contribution in [3.8, 4) is 0 Å². The lowest BCUT2D eigenvalue weighted by atomic mass is 10.3. The zero-order valence-electron chi connectivity index (χ0n) is 8.50. The second-order valence-electron chi connectivity index (χ2n) is 3.64. The number of hydrogen-bond donors (Lipinski definition) is 1. The number of hydrogen-bond acceptors (Lipinski definition) is 3. The van der Waals surface area contributed by atoms with E-state index in [2.05, 4.69) is 5.09 Å². The summed E-state index contributed by atoms with van der Waals surface area (Å²) in [6.45, 7) is 0. The van der Waals surface area contributed by atoms with Crippen molar-refractivity contribution in [2.24, 2.45) is 0 Å². The van der Waals surface area contributed by atoms with E-state index in [1.165, 1.54) is 12.1 Å². The molecule has 0 unspecified atom stereocenters. The average molecular weight is 238 g/mol. The molecule has 6 heteroatoms. The van der Waals surface area contributed by atoms with Gasteiger partial charge in [0.2, 0.25) is 0 Å². The Morgan fingerprint density at radius 1 is 1.19 bits per heavy atom. The molecule has 0 aliphatic carbocycles. The highest BCUT2D eigenvalue weighted by Crippen LogP contribution is 2.48. The molecule has 0 saturated heterocycles. The Labute approximate surface area is 92.7 Å². The van der Waals surface area contributed by atoms with Crippen molar-refractivity contribution < 1.29 is 9.49 Å². The van der Waals surface area contributed by atoms with E-state index >= 15 is 0 Å². The molecule has 0 atom stereocenters. The van der Waals surface area contributed by atoms with Crippen LogP contribution < -0.4 is 5.09 Å². The predicted octanol–water partition coefficient (Wildman–Crippen LogP) is 2.85. The van der Waals surface area contributed by atoms with Crippen LogP contribution in [-0.2, 0) is 4.57 Å². The summed E-state index contributed by atoms with van der Waals surface area (Å²) < 4.78 is 12.1. The minimum Gasteiger partial charge on any atom is -0.336 e. The first kappa shape index (κ1) is 10.9. The second-order valence-corrected chi connectivity index (χ2v) is 6.37. The summed E-state index contributed by atoms with van der Waals surface area (Å²) in [6, 6.07) is 5.96. The van der Waals surface area contributed by atoms with E-state index in [1.807, 2.05) is 12.2 Å². The summed E-state index contributed by atoms with van der Waals surface area (Å²) in [4.78, 5) is 9.98. The Kier molecular flexibility index (Phi) is 2.79. The van der Waals surface area contributed by atoms with Crippen LogP contribution in [0.15, 0.2) is 36.4 Å². The van der Waals surface area contributed by atoms with Gasteiger partial charge in [-0.25, -0.2) is 0 Å². The standard InChI is InChI=1S/C10H11N2O3P/c13-12(14)10-5-3-9(4-6-10)11-16(15)7-1-2-8-16/h1-6H,7-8H2,(H,11,15). The van der Waals surface area contributed by atoms with Gasteiger partial charge < -0.3 is 5.09 Å². The van der Waals surface area contributed by atoms with Gasteiger partial charge >= 0.3 is 0 Å². The molecular formula is C10H11N2O3P. The molecule has 1 aromatic rings. The van der Waals surface area contributed by atoms with Gasteiger partial charge in [-0.3, -0.25) is 14.7 Å². The molecule has 0 fully saturated rings. The molecule has 0 saturated carbocycles. The minimum absolute atomic E-state index is 0.0355. The molecule has 1 heterocycles. The highest BCUT2D eigenvalue weighted by molar-refractivity contribution is 7.66. The van der Waals surface area contributed by atoms with Gasteiger partial charge in [0.15, 0.2) is 7.29 Å². The van der Waals surface area contributed by atoms with E-state index in [9.17, 15) is 14.7 Å². The minimum atomic E-state index is -2.36. The summed E-state index contributed by atoms with van der Waals surface area (Å²) in [5, 5.41) is 13.4. The number of allylic oxidation sites excluding steroid dienone is 2. The van der Waals surface area contributed by atoms with E-state index < -0.39 is 12.2 Å². The fraction of sp³-hybridized carbons (Fsp3) is 0.200. The molecule has 16 heavy (non-hydrogen) atoms. The topological polar surface area (TPSA) is 72.2 Å². The van der Waals surface area contributed by atoms with Gasteiger partial charge in [0, 0.05) is 30.1 Å². The maximum atomic E-state index is 12.1. The van der Waals surface area contributed by atoms with Gasteiger partial charge in [0.05, 0.1) is 4.92 Å². The summed E-state index contributed by atoms with van der Waals surface area (Å²) in [7, 11) is -2.36. The number of nitrogens with one attached hydrogen (secondary N) is 1. The molecule has 5 nitrogen and oxygen atoms in total. The lowest BCUT2D eigenvalue weighted by Crippen LogP contribution is -1.99. The lowest BCUT2D eigenvalue weighted by molar-refractivity contribution is -0.384. The SMILES string of the molecule is O=[N+]([O-])c1ccc(NP2(=O)CC=CC2)cc1. The first-order valence-corrected chi connectivity index (χ1v) is 6.93. The number of nitro benzene ring substituents is 1. The first-order chi connectivity index (χ1) is 7.59. The smallest absolute Gasteiger partial charge is 0.269 e. The van der Waals surface area contributed by atoms with Gasteiger partial charge in [-0.1, -0.05) is 12.2 Å². The highest BCUT2D eigenvalue weighted by atomic mass is 31.2. The van der Waals surface area contributed by atoms with Gasteiger partial charge in [-0.05, 0) is 12.1 Å². The monoisotopic (exact) mass is 238 g/mol. The van der Waals surface area contributed by atoms with Gasteiger partial charge in [0.25, 0.3) is 5.69 Å². The Morgan fingerprint density at radius 3 is 2.25 bits per heavy atom. The third-order valence-corrected chi connectivity index (χ3v) is 4.65. The van der Waals surface area contributed by atoms with Crippen molar-refractivity contribution in [1.82, 2.24) is 0 Å². The summed E-state index contributed by atoms with van der Waals surface area (Å²) in [5.74, 6) is 0. The quantitative estimate of drug-likeness (QED) is 0.380. The number of anilines is 1. The molecule has 0 spiro atoms. The molecule has 1 N–H and O–H groups in total. The molecule has 0 bridgehead atoms. The van der Waals surface area contributed by atoms with E-state index in [1.54, 1.807) is 12.1 Å². The van der Waals surface area contributed by atoms with E-state index in [0.717, 1.165) is 0 Å². The second kappa shape index (κ2) is 4.10. The molecular weight excluding hydrogens is 227 g/mol. The van der Waals surface area contributed by atoms with Crippen molar-refractivity contribution in [3.63, 3.8) is 0 Å². The summed E-state index contributed by atoms with van der Waals surface area (Å²) in [5.41, 5.74) is 0.700. The Morgan fingerprint density at radius 2 is 1.75 bits per heavy atom. The van der Waals surface area contributed by atoms with Crippen molar-refractivity contribution in [3.05, 3.63) is 46.5 Å². The normalized spacial score (nSPS) is 17.2. The fourth-order valence-electron chi connectivity index (χ4n) is 1.55. The Bertz CT molecular complexity index is 469. The average Bonchev–Trinajstić information content (AvgIpc) is 2.65. The van der Waals surface area contributed by atoms with E-state index in [0.29, 0.717) is 18.0 Å². The maximum Gasteiger partial charge on any atom is 0.269 e. The zero-order chi connectivity index (χ0) is 11.6. The largest absolute Gasteiger partial charge is 0.336 e. The Balaban J connectivity index is 2.11. The molecule has 1 aliphatic heterocycles. The van der Waals surface area contributed by atoms with Crippen LogP contribution in [-0.4, -0.2) is 17.2 Å². The highest BCUT2D eigenvalue weighted by Gasteiger charge is 2.22. The third-order valence-electron chi connectivity index (χ3n) is 2.38. The van der Waals surface area contributed by atoms with Crippen LogP contribution in [0.5, 0.6) is 0 Å².